The Morgan fingerprint density at radius 1 is 1.00 bits per heavy atom. The number of amides is 3. The zero-order valence-corrected chi connectivity index (χ0v) is 18.5. The minimum Gasteiger partial charge on any atom is -0.495 e. The molecule has 0 unspecified atom stereocenters. The van der Waals surface area contributed by atoms with Crippen LogP contribution < -0.4 is 10.1 Å². The standard InChI is InChI=1S/C23H23N5O3S/c1-31-19-9-4-2-7-16(19)24-22(30)27-12-6-11-26(13-14-27)21(29)17-15-28-18-8-3-5-10-20(18)32-23(28)25-17/h2-5,7-10,15H,6,11-14H2,1H3,(H,24,30). The average Bonchev–Trinajstić information content (AvgIpc) is 3.27. The van der Waals surface area contributed by atoms with Gasteiger partial charge in [0.2, 0.25) is 0 Å². The molecule has 2 aromatic carbocycles. The van der Waals surface area contributed by atoms with Crippen molar-refractivity contribution in [1.29, 1.82) is 0 Å². The van der Waals surface area contributed by atoms with Gasteiger partial charge in [0, 0.05) is 32.4 Å². The molecule has 0 atom stereocenters. The van der Waals surface area contributed by atoms with E-state index in [1.165, 1.54) is 0 Å². The fraction of sp³-hybridized carbons (Fsp3) is 0.261. The lowest BCUT2D eigenvalue weighted by Gasteiger charge is -2.22. The molecule has 3 heterocycles. The number of nitrogens with zero attached hydrogens (tertiary/aromatic N) is 4. The fourth-order valence-electron chi connectivity index (χ4n) is 3.98. The van der Waals surface area contributed by atoms with E-state index < -0.39 is 0 Å². The molecule has 4 aromatic rings. The second-order valence-electron chi connectivity index (χ2n) is 7.61. The van der Waals surface area contributed by atoms with Crippen molar-refractivity contribution in [2.45, 2.75) is 6.42 Å². The highest BCUT2D eigenvalue weighted by Gasteiger charge is 2.25. The average molecular weight is 450 g/mol. The zero-order chi connectivity index (χ0) is 22.1. The number of ether oxygens (including phenoxy) is 1. The number of fused-ring (bicyclic) bond motifs is 3. The molecule has 0 aliphatic carbocycles. The Bertz CT molecular complexity index is 1300. The van der Waals surface area contributed by atoms with Gasteiger partial charge in [-0.1, -0.05) is 35.6 Å². The summed E-state index contributed by atoms with van der Waals surface area (Å²) in [7, 11) is 1.57. The van der Waals surface area contributed by atoms with E-state index in [1.807, 2.05) is 40.9 Å². The lowest BCUT2D eigenvalue weighted by atomic mass is 10.3. The molecule has 0 radical (unpaired) electrons. The molecule has 8 nitrogen and oxygen atoms in total. The van der Waals surface area contributed by atoms with E-state index in [-0.39, 0.29) is 11.9 Å². The van der Waals surface area contributed by atoms with Crippen molar-refractivity contribution in [1.82, 2.24) is 19.2 Å². The van der Waals surface area contributed by atoms with Crippen LogP contribution in [0.25, 0.3) is 15.2 Å². The van der Waals surface area contributed by atoms with E-state index >= 15 is 0 Å². The number of imidazole rings is 1. The molecule has 32 heavy (non-hydrogen) atoms. The Balaban J connectivity index is 1.27. The SMILES string of the molecule is COc1ccccc1NC(=O)N1CCCN(C(=O)c2cn3c(n2)sc2ccccc23)CC1. The number of methoxy groups -OCH3 is 1. The smallest absolute Gasteiger partial charge is 0.322 e. The number of hydrogen-bond acceptors (Lipinski definition) is 5. The number of carbonyl (C=O) groups excluding carboxylic acids is 2. The van der Waals surface area contributed by atoms with Gasteiger partial charge in [-0.25, -0.2) is 9.78 Å². The van der Waals surface area contributed by atoms with Crippen molar-refractivity contribution in [3.63, 3.8) is 0 Å². The lowest BCUT2D eigenvalue weighted by Crippen LogP contribution is -2.39. The molecule has 1 aliphatic rings. The van der Waals surface area contributed by atoms with E-state index in [1.54, 1.807) is 40.4 Å². The van der Waals surface area contributed by atoms with E-state index in [0.717, 1.165) is 15.2 Å². The molecule has 164 valence electrons. The largest absolute Gasteiger partial charge is 0.495 e. The number of para-hydroxylation sites is 3. The van der Waals surface area contributed by atoms with Crippen LogP contribution in [-0.4, -0.2) is 64.4 Å². The molecule has 0 spiro atoms. The van der Waals surface area contributed by atoms with Gasteiger partial charge in [-0.3, -0.25) is 9.20 Å². The second-order valence-corrected chi connectivity index (χ2v) is 8.62. The third-order valence-electron chi connectivity index (χ3n) is 5.64. The minimum atomic E-state index is -0.197. The maximum atomic E-state index is 13.1. The van der Waals surface area contributed by atoms with Gasteiger partial charge in [-0.2, -0.15) is 0 Å². The quantitative estimate of drug-likeness (QED) is 0.514. The molecule has 1 aliphatic heterocycles. The maximum absolute atomic E-state index is 13.1. The number of carbonyl (C=O) groups is 2. The van der Waals surface area contributed by atoms with Crippen molar-refractivity contribution < 1.29 is 14.3 Å². The van der Waals surface area contributed by atoms with E-state index in [4.69, 9.17) is 4.74 Å². The van der Waals surface area contributed by atoms with Crippen LogP contribution in [0.4, 0.5) is 10.5 Å². The van der Waals surface area contributed by atoms with Gasteiger partial charge in [-0.15, -0.1) is 0 Å². The monoisotopic (exact) mass is 449 g/mol. The summed E-state index contributed by atoms with van der Waals surface area (Å²) in [5.74, 6) is 0.511. The number of urea groups is 1. The van der Waals surface area contributed by atoms with Gasteiger partial charge < -0.3 is 19.9 Å². The van der Waals surface area contributed by atoms with Gasteiger partial charge in [0.15, 0.2) is 4.96 Å². The molecule has 1 N–H and O–H groups in total. The first-order chi connectivity index (χ1) is 15.6. The van der Waals surface area contributed by atoms with E-state index in [9.17, 15) is 9.59 Å². The highest BCUT2D eigenvalue weighted by atomic mass is 32.1. The predicted molar refractivity (Wildman–Crippen MR) is 125 cm³/mol. The Labute approximate surface area is 189 Å². The predicted octanol–water partition coefficient (Wildman–Crippen LogP) is 3.94. The van der Waals surface area contributed by atoms with Crippen LogP contribution in [0.2, 0.25) is 0 Å². The van der Waals surface area contributed by atoms with Gasteiger partial charge in [0.25, 0.3) is 5.91 Å². The maximum Gasteiger partial charge on any atom is 0.322 e. The number of aromatic nitrogens is 2. The highest BCUT2D eigenvalue weighted by molar-refractivity contribution is 7.23. The molecule has 0 saturated carbocycles. The Morgan fingerprint density at radius 3 is 2.62 bits per heavy atom. The van der Waals surface area contributed by atoms with Crippen molar-refractivity contribution in [2.75, 3.05) is 38.6 Å². The number of anilines is 1. The summed E-state index contributed by atoms with van der Waals surface area (Å²) in [6, 6.07) is 15.2. The summed E-state index contributed by atoms with van der Waals surface area (Å²) in [5.41, 5.74) is 2.12. The van der Waals surface area contributed by atoms with Crippen molar-refractivity contribution in [3.05, 3.63) is 60.4 Å². The van der Waals surface area contributed by atoms with Crippen LogP contribution in [0.5, 0.6) is 5.75 Å². The molecule has 1 fully saturated rings. The molecule has 3 amide bonds. The van der Waals surface area contributed by atoms with Crippen LogP contribution >= 0.6 is 11.3 Å². The van der Waals surface area contributed by atoms with Gasteiger partial charge >= 0.3 is 6.03 Å². The minimum absolute atomic E-state index is 0.100. The Kier molecular flexibility index (Phi) is 5.40. The molecular weight excluding hydrogens is 426 g/mol. The third-order valence-corrected chi connectivity index (χ3v) is 6.67. The van der Waals surface area contributed by atoms with Crippen LogP contribution in [0, 0.1) is 0 Å². The normalized spacial score (nSPS) is 14.5. The molecular formula is C23H23N5O3S. The first-order valence-electron chi connectivity index (χ1n) is 10.5. The molecule has 9 heteroatoms. The van der Waals surface area contributed by atoms with Crippen molar-refractivity contribution >= 4 is 44.1 Å². The summed E-state index contributed by atoms with van der Waals surface area (Å²) in [5, 5.41) is 2.91. The fourth-order valence-corrected chi connectivity index (χ4v) is 4.99. The van der Waals surface area contributed by atoms with E-state index in [2.05, 4.69) is 16.4 Å². The summed E-state index contributed by atoms with van der Waals surface area (Å²) in [4.78, 5) is 34.8. The topological polar surface area (TPSA) is 79.2 Å². The molecule has 5 rings (SSSR count). The first-order valence-corrected chi connectivity index (χ1v) is 11.3. The van der Waals surface area contributed by atoms with Crippen LogP contribution in [-0.2, 0) is 0 Å². The van der Waals surface area contributed by atoms with Crippen LogP contribution in [0.15, 0.2) is 54.7 Å². The van der Waals surface area contributed by atoms with Crippen LogP contribution in [0.1, 0.15) is 16.9 Å². The number of rotatable bonds is 3. The molecule has 2 aromatic heterocycles. The first kappa shape index (κ1) is 20.3. The molecule has 0 bridgehead atoms. The van der Waals surface area contributed by atoms with Gasteiger partial charge in [-0.05, 0) is 30.7 Å². The van der Waals surface area contributed by atoms with Gasteiger partial charge in [0.05, 0.1) is 23.0 Å². The van der Waals surface area contributed by atoms with E-state index in [0.29, 0.717) is 49.7 Å². The summed E-state index contributed by atoms with van der Waals surface area (Å²) < 4.78 is 8.42. The van der Waals surface area contributed by atoms with Crippen molar-refractivity contribution in [3.8, 4) is 5.75 Å². The number of hydrogen-bond donors (Lipinski definition) is 1. The lowest BCUT2D eigenvalue weighted by molar-refractivity contribution is 0.0757. The van der Waals surface area contributed by atoms with Crippen LogP contribution in [0.3, 0.4) is 0 Å². The summed E-state index contributed by atoms with van der Waals surface area (Å²) in [6.45, 7) is 2.08. The van der Waals surface area contributed by atoms with Gasteiger partial charge in [0.1, 0.15) is 11.4 Å². The van der Waals surface area contributed by atoms with Crippen molar-refractivity contribution in [2.24, 2.45) is 0 Å². The summed E-state index contributed by atoms with van der Waals surface area (Å²) >= 11 is 1.57. The molecule has 1 saturated heterocycles. The number of thiazole rings is 1. The second kappa shape index (κ2) is 8.51. The third kappa shape index (κ3) is 3.75. The highest BCUT2D eigenvalue weighted by Crippen LogP contribution is 2.27. The Morgan fingerprint density at radius 2 is 1.75 bits per heavy atom. The zero-order valence-electron chi connectivity index (χ0n) is 17.7. The summed E-state index contributed by atoms with van der Waals surface area (Å²) in [6.07, 6.45) is 2.52. The number of nitrogens with one attached hydrogen (secondary N) is 1. The Hall–Kier alpha value is -3.59. The number of benzene rings is 2.